The van der Waals surface area contributed by atoms with E-state index in [2.05, 4.69) is 9.89 Å². The molecular weight excluding hydrogens is 284 g/mol. The Bertz CT molecular complexity index is 657. The van der Waals surface area contributed by atoms with Crippen LogP contribution in [0.2, 0.25) is 0 Å². The van der Waals surface area contributed by atoms with Gasteiger partial charge in [-0.25, -0.2) is 0 Å². The summed E-state index contributed by atoms with van der Waals surface area (Å²) < 4.78 is 0. The lowest BCUT2D eigenvalue weighted by Gasteiger charge is -2.41. The van der Waals surface area contributed by atoms with Gasteiger partial charge in [0.25, 0.3) is 0 Å². The van der Waals surface area contributed by atoms with Crippen LogP contribution >= 0.6 is 0 Å². The third kappa shape index (κ3) is 2.36. The molecular formula is C20H22N2O. The topological polar surface area (TPSA) is 35.8 Å². The first kappa shape index (κ1) is 14.5. The predicted molar refractivity (Wildman–Crippen MR) is 92.5 cm³/mol. The Morgan fingerprint density at radius 2 is 1.57 bits per heavy atom. The van der Waals surface area contributed by atoms with Crippen LogP contribution in [0, 0.1) is 0 Å². The average molecular weight is 306 g/mol. The maximum atomic E-state index is 11.9. The van der Waals surface area contributed by atoms with Gasteiger partial charge in [-0.1, -0.05) is 60.7 Å². The van der Waals surface area contributed by atoms with E-state index in [-0.39, 0.29) is 6.04 Å². The second-order valence-electron chi connectivity index (χ2n) is 6.40. The first-order chi connectivity index (χ1) is 11.3. The van der Waals surface area contributed by atoms with E-state index < -0.39 is 5.60 Å². The van der Waals surface area contributed by atoms with Crippen LogP contribution in [0.5, 0.6) is 0 Å². The van der Waals surface area contributed by atoms with Gasteiger partial charge in [-0.15, -0.1) is 0 Å². The molecule has 2 aliphatic heterocycles. The van der Waals surface area contributed by atoms with Crippen LogP contribution in [0.1, 0.15) is 30.4 Å². The molecule has 1 N–H and O–H groups in total. The largest absolute Gasteiger partial charge is 0.378 e. The number of benzene rings is 2. The van der Waals surface area contributed by atoms with Crippen molar-refractivity contribution in [3.63, 3.8) is 0 Å². The molecule has 118 valence electrons. The summed E-state index contributed by atoms with van der Waals surface area (Å²) in [6.45, 7) is 1.92. The Morgan fingerprint density at radius 1 is 0.957 bits per heavy atom. The van der Waals surface area contributed by atoms with Crippen LogP contribution < -0.4 is 0 Å². The highest BCUT2D eigenvalue weighted by molar-refractivity contribution is 5.85. The molecule has 4 rings (SSSR count). The van der Waals surface area contributed by atoms with Crippen LogP contribution in [0.15, 0.2) is 65.7 Å². The summed E-state index contributed by atoms with van der Waals surface area (Å²) in [5.41, 5.74) is 0.919. The zero-order valence-electron chi connectivity index (χ0n) is 13.2. The molecule has 2 aromatic carbocycles. The highest BCUT2D eigenvalue weighted by Crippen LogP contribution is 2.41. The maximum Gasteiger partial charge on any atom is 0.135 e. The molecule has 2 aliphatic rings. The van der Waals surface area contributed by atoms with E-state index in [1.807, 2.05) is 60.7 Å². The van der Waals surface area contributed by atoms with Crippen molar-refractivity contribution in [3.8, 4) is 0 Å². The minimum atomic E-state index is -1.00. The molecule has 0 aromatic heterocycles. The molecule has 2 heterocycles. The maximum absolute atomic E-state index is 11.9. The molecule has 1 saturated heterocycles. The van der Waals surface area contributed by atoms with Crippen molar-refractivity contribution in [2.75, 3.05) is 13.1 Å². The van der Waals surface area contributed by atoms with Gasteiger partial charge in [0.15, 0.2) is 0 Å². The van der Waals surface area contributed by atoms with Gasteiger partial charge in [0.1, 0.15) is 5.60 Å². The number of hydrogen-bond acceptors (Lipinski definition) is 3. The number of rotatable bonds is 3. The highest BCUT2D eigenvalue weighted by Gasteiger charge is 2.47. The van der Waals surface area contributed by atoms with Crippen molar-refractivity contribution < 1.29 is 5.11 Å². The van der Waals surface area contributed by atoms with Crippen molar-refractivity contribution in [3.05, 3.63) is 71.8 Å². The van der Waals surface area contributed by atoms with Gasteiger partial charge in [-0.05, 0) is 24.0 Å². The minimum Gasteiger partial charge on any atom is -0.378 e. The van der Waals surface area contributed by atoms with Crippen LogP contribution in [0.25, 0.3) is 0 Å². The fourth-order valence-electron chi connectivity index (χ4n) is 4.02. The number of aliphatic hydroxyl groups is 1. The number of fused-ring (bicyclic) bond motifs is 1. The number of aliphatic imine (C=N–C) groups is 1. The molecule has 3 heteroatoms. The molecule has 0 unspecified atom stereocenters. The fraction of sp³-hybridized carbons (Fsp3) is 0.350. The molecule has 0 spiro atoms. The van der Waals surface area contributed by atoms with E-state index in [0.29, 0.717) is 0 Å². The summed E-state index contributed by atoms with van der Waals surface area (Å²) in [5, 5.41) is 11.9. The standard InChI is InChI=1S/C20H22N2O/c23-20(16-8-3-1-4-9-16,17-10-5-2-6-11-17)18-12-13-19-21-14-7-15-22(18)19/h1-6,8-11,18,23H,7,12-15H2/t18-/m0/s1. The van der Waals surface area contributed by atoms with Crippen molar-refractivity contribution in [1.82, 2.24) is 4.90 Å². The number of amidine groups is 1. The Morgan fingerprint density at radius 3 is 2.17 bits per heavy atom. The van der Waals surface area contributed by atoms with Crippen molar-refractivity contribution in [2.24, 2.45) is 4.99 Å². The Labute approximate surface area is 137 Å². The second-order valence-corrected chi connectivity index (χ2v) is 6.40. The lowest BCUT2D eigenvalue weighted by atomic mass is 9.79. The molecule has 0 radical (unpaired) electrons. The van der Waals surface area contributed by atoms with Crippen molar-refractivity contribution in [1.29, 1.82) is 0 Å². The van der Waals surface area contributed by atoms with E-state index in [0.717, 1.165) is 43.5 Å². The molecule has 3 nitrogen and oxygen atoms in total. The Balaban J connectivity index is 1.84. The number of hydrogen-bond donors (Lipinski definition) is 1. The lowest BCUT2D eigenvalue weighted by molar-refractivity contribution is 0.00822. The molecule has 0 saturated carbocycles. The zero-order valence-corrected chi connectivity index (χ0v) is 13.2. The summed E-state index contributed by atoms with van der Waals surface area (Å²) >= 11 is 0. The van der Waals surface area contributed by atoms with Crippen molar-refractivity contribution >= 4 is 5.84 Å². The van der Waals surface area contributed by atoms with Crippen LogP contribution in [-0.4, -0.2) is 35.0 Å². The molecule has 2 aromatic rings. The summed E-state index contributed by atoms with van der Waals surface area (Å²) in [4.78, 5) is 7.01. The van der Waals surface area contributed by atoms with Gasteiger partial charge in [0.2, 0.25) is 0 Å². The summed E-state index contributed by atoms with van der Waals surface area (Å²) in [6, 6.07) is 20.2. The smallest absolute Gasteiger partial charge is 0.135 e. The van der Waals surface area contributed by atoms with Crippen LogP contribution in [0.3, 0.4) is 0 Å². The molecule has 1 atom stereocenters. The SMILES string of the molecule is OC(c1ccccc1)(c1ccccc1)[C@@H]1CCC2=NCCCN21. The van der Waals surface area contributed by atoms with E-state index >= 15 is 0 Å². The van der Waals surface area contributed by atoms with Gasteiger partial charge in [-0.3, -0.25) is 4.99 Å². The van der Waals surface area contributed by atoms with E-state index in [9.17, 15) is 5.11 Å². The third-order valence-electron chi connectivity index (χ3n) is 5.11. The number of nitrogens with zero attached hydrogens (tertiary/aromatic N) is 2. The lowest BCUT2D eigenvalue weighted by Crippen LogP contribution is -2.50. The second kappa shape index (κ2) is 5.82. The minimum absolute atomic E-state index is 0.0475. The van der Waals surface area contributed by atoms with Crippen molar-refractivity contribution in [2.45, 2.75) is 30.9 Å². The molecule has 0 bridgehead atoms. The Kier molecular flexibility index (Phi) is 3.66. The molecule has 23 heavy (non-hydrogen) atoms. The zero-order chi connectivity index (χ0) is 15.7. The van der Waals surface area contributed by atoms with Gasteiger partial charge < -0.3 is 10.0 Å². The van der Waals surface area contributed by atoms with Gasteiger partial charge in [-0.2, -0.15) is 0 Å². The predicted octanol–water partition coefficient (Wildman–Crippen LogP) is 3.19. The van der Waals surface area contributed by atoms with E-state index in [1.165, 1.54) is 5.84 Å². The van der Waals surface area contributed by atoms with E-state index in [1.54, 1.807) is 0 Å². The van der Waals surface area contributed by atoms with Crippen LogP contribution in [0.4, 0.5) is 0 Å². The average Bonchev–Trinajstić information content (AvgIpc) is 3.07. The van der Waals surface area contributed by atoms with Gasteiger partial charge >= 0.3 is 0 Å². The fourth-order valence-corrected chi connectivity index (χ4v) is 4.02. The molecule has 0 aliphatic carbocycles. The van der Waals surface area contributed by atoms with E-state index in [4.69, 9.17) is 0 Å². The van der Waals surface area contributed by atoms with Gasteiger partial charge in [0.05, 0.1) is 11.9 Å². The van der Waals surface area contributed by atoms with Gasteiger partial charge in [0, 0.05) is 19.5 Å². The third-order valence-corrected chi connectivity index (χ3v) is 5.11. The molecule has 1 fully saturated rings. The summed E-state index contributed by atoms with van der Waals surface area (Å²) in [5.74, 6) is 1.17. The monoisotopic (exact) mass is 306 g/mol. The first-order valence-electron chi connectivity index (χ1n) is 8.43. The highest BCUT2D eigenvalue weighted by atomic mass is 16.3. The first-order valence-corrected chi connectivity index (χ1v) is 8.43. The quantitative estimate of drug-likeness (QED) is 0.945. The normalized spacial score (nSPS) is 21.0. The molecule has 0 amide bonds. The van der Waals surface area contributed by atoms with Crippen LogP contribution in [-0.2, 0) is 5.60 Å². The summed E-state index contributed by atoms with van der Waals surface area (Å²) in [7, 11) is 0. The summed E-state index contributed by atoms with van der Waals surface area (Å²) in [6.07, 6.45) is 2.98. The Hall–Kier alpha value is -2.13.